The fourth-order valence-electron chi connectivity index (χ4n) is 1.67. The largest absolute Gasteiger partial charge is 2.00 e. The molecule has 0 unspecified atom stereocenters. The molecule has 0 atom stereocenters. The monoisotopic (exact) mass is 442 g/mol. The Morgan fingerprint density at radius 3 is 2.05 bits per heavy atom. The first-order chi connectivity index (χ1) is 8.88. The van der Waals surface area contributed by atoms with Gasteiger partial charge in [0.05, 0.1) is 0 Å². The summed E-state index contributed by atoms with van der Waals surface area (Å²) >= 11 is 0. The molecule has 0 saturated carbocycles. The van der Waals surface area contributed by atoms with Crippen LogP contribution in [0, 0.1) is 7.43 Å². The van der Waals surface area contributed by atoms with Gasteiger partial charge in [0.25, 0.3) is 0 Å². The predicted molar refractivity (Wildman–Crippen MR) is 81.2 cm³/mol. The van der Waals surface area contributed by atoms with Crippen molar-refractivity contribution in [3.63, 3.8) is 0 Å². The maximum absolute atomic E-state index is 11.7. The van der Waals surface area contributed by atoms with Crippen LogP contribution in [0.25, 0.3) is 0 Å². The maximum Gasteiger partial charge on any atom is 2.00 e. The molecule has 0 N–H and O–H groups in total. The summed E-state index contributed by atoms with van der Waals surface area (Å²) in [6.07, 6.45) is 9.50. The molecule has 2 aromatic rings. The molecule has 2 aromatic carbocycles. The maximum atomic E-state index is 11.7. The Bertz CT molecular complexity index is 526. The van der Waals surface area contributed by atoms with Crippen molar-refractivity contribution in [2.75, 3.05) is 0 Å². The standard InChI is InChI=1S/C12H9O.C5H6.CH3.Os/c13-12(11-8-4-5-9-11)10-6-2-1-3-7-10;1-2-4-5-3-1;;/h1-9H;1-4H,5H2;1H3;/q-1;;-1;+2. The van der Waals surface area contributed by atoms with E-state index in [2.05, 4.69) is 24.3 Å². The van der Waals surface area contributed by atoms with E-state index in [-0.39, 0.29) is 33.0 Å². The van der Waals surface area contributed by atoms with Crippen molar-refractivity contribution in [3.8, 4) is 0 Å². The van der Waals surface area contributed by atoms with Crippen LogP contribution in [-0.2, 0) is 19.8 Å². The minimum absolute atomic E-state index is 0. The second-order valence-electron chi connectivity index (χ2n) is 3.96. The zero-order chi connectivity index (χ0) is 12.6. The average Bonchev–Trinajstić information content (AvgIpc) is 3.14. The third kappa shape index (κ3) is 5.55. The second-order valence-corrected chi connectivity index (χ2v) is 3.96. The molecule has 2 heteroatoms. The first-order valence-corrected chi connectivity index (χ1v) is 6.01. The van der Waals surface area contributed by atoms with E-state index in [9.17, 15) is 4.79 Å². The SMILES string of the molecule is C1=CCC=C1.O=C(c1ccccc1)c1ccc[cH-]1.[CH3-].[Os+2]. The fraction of sp³-hybridized carbons (Fsp3) is 0.0556. The fourth-order valence-corrected chi connectivity index (χ4v) is 1.67. The van der Waals surface area contributed by atoms with Crippen LogP contribution < -0.4 is 0 Å². The van der Waals surface area contributed by atoms with E-state index in [0.29, 0.717) is 0 Å². The molecule has 1 aliphatic rings. The Labute approximate surface area is 134 Å². The minimum atomic E-state index is 0. The Balaban J connectivity index is 0.000000443. The summed E-state index contributed by atoms with van der Waals surface area (Å²) in [5.74, 6) is 0.0885. The van der Waals surface area contributed by atoms with Crippen molar-refractivity contribution < 1.29 is 24.6 Å². The van der Waals surface area contributed by atoms with Gasteiger partial charge in [0.15, 0.2) is 0 Å². The minimum Gasteiger partial charge on any atom is -0.358 e. The van der Waals surface area contributed by atoms with Gasteiger partial charge in [-0.15, -0.1) is 11.6 Å². The average molecular weight is 441 g/mol. The van der Waals surface area contributed by atoms with E-state index < -0.39 is 0 Å². The number of hydrogen-bond donors (Lipinski definition) is 0. The summed E-state index contributed by atoms with van der Waals surface area (Å²) in [6, 6.07) is 16.7. The van der Waals surface area contributed by atoms with Crippen LogP contribution in [0.15, 0.2) is 78.9 Å². The van der Waals surface area contributed by atoms with E-state index in [4.69, 9.17) is 0 Å². The van der Waals surface area contributed by atoms with Crippen LogP contribution >= 0.6 is 0 Å². The van der Waals surface area contributed by atoms with E-state index in [0.717, 1.165) is 17.5 Å². The Kier molecular flexibility index (Phi) is 9.34. The van der Waals surface area contributed by atoms with Crippen LogP contribution in [0.5, 0.6) is 0 Å². The molecule has 104 valence electrons. The van der Waals surface area contributed by atoms with Crippen LogP contribution in [0.2, 0.25) is 0 Å². The van der Waals surface area contributed by atoms with Gasteiger partial charge in [-0.2, -0.15) is 18.2 Å². The van der Waals surface area contributed by atoms with Gasteiger partial charge in [-0.05, 0) is 12.0 Å². The molecule has 0 radical (unpaired) electrons. The van der Waals surface area contributed by atoms with Gasteiger partial charge in [-0.1, -0.05) is 54.6 Å². The third-order valence-electron chi connectivity index (χ3n) is 2.62. The molecule has 0 aromatic heterocycles. The molecule has 1 nitrogen and oxygen atoms in total. The van der Waals surface area contributed by atoms with Crippen LogP contribution in [0.1, 0.15) is 22.3 Å². The van der Waals surface area contributed by atoms with Crippen LogP contribution in [0.3, 0.4) is 0 Å². The molecule has 0 aliphatic heterocycles. The third-order valence-corrected chi connectivity index (χ3v) is 2.62. The number of hydrogen-bond acceptors (Lipinski definition) is 1. The quantitative estimate of drug-likeness (QED) is 0.493. The van der Waals surface area contributed by atoms with Gasteiger partial charge in [0.2, 0.25) is 0 Å². The van der Waals surface area contributed by atoms with E-state index in [1.54, 1.807) is 0 Å². The van der Waals surface area contributed by atoms with Crippen molar-refractivity contribution in [3.05, 3.63) is 97.5 Å². The van der Waals surface area contributed by atoms with E-state index in [1.807, 2.05) is 54.6 Å². The predicted octanol–water partition coefficient (Wildman–Crippen LogP) is 4.59. The van der Waals surface area contributed by atoms with E-state index in [1.165, 1.54) is 0 Å². The van der Waals surface area contributed by atoms with Crippen molar-refractivity contribution >= 4 is 5.78 Å². The van der Waals surface area contributed by atoms with Crippen LogP contribution in [0.4, 0.5) is 0 Å². The molecule has 1 aliphatic carbocycles. The molecular weight excluding hydrogens is 422 g/mol. The number of carbonyl (C=O) groups is 1. The molecule has 20 heavy (non-hydrogen) atoms. The van der Waals surface area contributed by atoms with Crippen molar-refractivity contribution in [1.29, 1.82) is 0 Å². The van der Waals surface area contributed by atoms with Gasteiger partial charge >= 0.3 is 19.8 Å². The number of rotatable bonds is 2. The van der Waals surface area contributed by atoms with Gasteiger partial charge < -0.3 is 12.2 Å². The summed E-state index contributed by atoms with van der Waals surface area (Å²) in [6.45, 7) is 0. The summed E-state index contributed by atoms with van der Waals surface area (Å²) in [5.41, 5.74) is 1.50. The van der Waals surface area contributed by atoms with Gasteiger partial charge in [-0.25, -0.2) is 0 Å². The first kappa shape index (κ1) is 18.4. The first-order valence-electron chi connectivity index (χ1n) is 6.01. The molecule has 0 heterocycles. The normalized spacial score (nSPS) is 10.8. The number of carbonyl (C=O) groups excluding carboxylic acids is 1. The summed E-state index contributed by atoms with van der Waals surface area (Å²) < 4.78 is 0. The Morgan fingerprint density at radius 1 is 0.950 bits per heavy atom. The molecule has 0 saturated heterocycles. The molecule has 0 amide bonds. The molecular formula is C18H18OOs. The van der Waals surface area contributed by atoms with Crippen molar-refractivity contribution in [2.24, 2.45) is 0 Å². The van der Waals surface area contributed by atoms with Gasteiger partial charge in [0, 0.05) is 0 Å². The van der Waals surface area contributed by atoms with Gasteiger partial charge in [0.1, 0.15) is 5.78 Å². The summed E-state index contributed by atoms with van der Waals surface area (Å²) in [7, 11) is 0. The number of allylic oxidation sites excluding steroid dienone is 4. The molecule has 0 spiro atoms. The topological polar surface area (TPSA) is 17.1 Å². The summed E-state index contributed by atoms with van der Waals surface area (Å²) in [5, 5.41) is 0. The number of ketones is 1. The van der Waals surface area contributed by atoms with Gasteiger partial charge in [-0.3, -0.25) is 0 Å². The number of benzene rings is 1. The smallest absolute Gasteiger partial charge is 0.358 e. The molecule has 3 rings (SSSR count). The summed E-state index contributed by atoms with van der Waals surface area (Å²) in [4.78, 5) is 11.7. The zero-order valence-electron chi connectivity index (χ0n) is 11.5. The zero-order valence-corrected chi connectivity index (χ0v) is 14.0. The van der Waals surface area contributed by atoms with Crippen LogP contribution in [-0.4, -0.2) is 5.78 Å². The second kappa shape index (κ2) is 10.2. The van der Waals surface area contributed by atoms with E-state index >= 15 is 0 Å². The van der Waals surface area contributed by atoms with Crippen molar-refractivity contribution in [2.45, 2.75) is 6.42 Å². The molecule has 0 bridgehead atoms. The Hall–Kier alpha value is -1.64. The Morgan fingerprint density at radius 2 is 1.60 bits per heavy atom. The molecule has 0 fully saturated rings. The van der Waals surface area contributed by atoms with Crippen molar-refractivity contribution in [1.82, 2.24) is 0 Å².